The number of hydrogen-bond acceptors (Lipinski definition) is 2. The zero-order valence-corrected chi connectivity index (χ0v) is 13.1. The van der Waals surface area contributed by atoms with Crippen molar-refractivity contribution in [2.45, 2.75) is 51.2 Å². The molecule has 3 unspecified atom stereocenters. The SMILES string of the molecule is CCOC1(C(NC)c2cccc(F)c2F)CCCC(C)C1. The maximum absolute atomic E-state index is 14.2. The molecule has 1 aliphatic rings. The van der Waals surface area contributed by atoms with E-state index in [1.165, 1.54) is 0 Å². The van der Waals surface area contributed by atoms with E-state index in [-0.39, 0.29) is 6.04 Å². The molecular weight excluding hydrogens is 272 g/mol. The second-order valence-corrected chi connectivity index (χ2v) is 6.06. The lowest BCUT2D eigenvalue weighted by Gasteiger charge is -2.45. The summed E-state index contributed by atoms with van der Waals surface area (Å²) >= 11 is 0. The van der Waals surface area contributed by atoms with Gasteiger partial charge in [-0.1, -0.05) is 31.9 Å². The zero-order valence-electron chi connectivity index (χ0n) is 13.1. The molecule has 1 aromatic rings. The quantitative estimate of drug-likeness (QED) is 0.879. The van der Waals surface area contributed by atoms with Crippen LogP contribution in [0.2, 0.25) is 0 Å². The topological polar surface area (TPSA) is 21.3 Å². The normalized spacial score (nSPS) is 27.6. The minimum atomic E-state index is -0.803. The summed E-state index contributed by atoms with van der Waals surface area (Å²) in [5.41, 5.74) is -0.101. The highest BCUT2D eigenvalue weighted by molar-refractivity contribution is 5.26. The number of benzene rings is 1. The van der Waals surface area contributed by atoms with Gasteiger partial charge >= 0.3 is 0 Å². The van der Waals surface area contributed by atoms with Crippen molar-refractivity contribution in [3.63, 3.8) is 0 Å². The van der Waals surface area contributed by atoms with Crippen LogP contribution in [0.4, 0.5) is 8.78 Å². The first-order valence-electron chi connectivity index (χ1n) is 7.79. The Morgan fingerprint density at radius 2 is 2.19 bits per heavy atom. The van der Waals surface area contributed by atoms with E-state index in [9.17, 15) is 8.78 Å². The van der Waals surface area contributed by atoms with Gasteiger partial charge in [0, 0.05) is 12.2 Å². The van der Waals surface area contributed by atoms with E-state index in [2.05, 4.69) is 12.2 Å². The highest BCUT2D eigenvalue weighted by atomic mass is 19.2. The average molecular weight is 297 g/mol. The van der Waals surface area contributed by atoms with Gasteiger partial charge in [-0.2, -0.15) is 0 Å². The summed E-state index contributed by atoms with van der Waals surface area (Å²) in [6.45, 7) is 4.72. The van der Waals surface area contributed by atoms with E-state index in [1.807, 2.05) is 6.92 Å². The molecule has 2 nitrogen and oxygen atoms in total. The van der Waals surface area contributed by atoms with Crippen LogP contribution < -0.4 is 5.32 Å². The van der Waals surface area contributed by atoms with Gasteiger partial charge in [0.05, 0.1) is 11.6 Å². The van der Waals surface area contributed by atoms with Crippen LogP contribution in [0.3, 0.4) is 0 Å². The Hall–Kier alpha value is -1.00. The van der Waals surface area contributed by atoms with Gasteiger partial charge in [0.25, 0.3) is 0 Å². The number of likely N-dealkylation sites (N-methyl/N-ethyl adjacent to an activating group) is 1. The van der Waals surface area contributed by atoms with Gasteiger partial charge in [0.1, 0.15) is 0 Å². The van der Waals surface area contributed by atoms with Crippen molar-refractivity contribution in [2.24, 2.45) is 5.92 Å². The molecule has 0 saturated heterocycles. The predicted octanol–water partition coefficient (Wildman–Crippen LogP) is 4.21. The van der Waals surface area contributed by atoms with Crippen molar-refractivity contribution in [3.05, 3.63) is 35.4 Å². The van der Waals surface area contributed by atoms with Crippen LogP contribution in [-0.4, -0.2) is 19.3 Å². The second kappa shape index (κ2) is 6.84. The van der Waals surface area contributed by atoms with E-state index in [0.29, 0.717) is 18.1 Å². The van der Waals surface area contributed by atoms with Crippen molar-refractivity contribution in [3.8, 4) is 0 Å². The summed E-state index contributed by atoms with van der Waals surface area (Å²) in [5, 5.41) is 3.17. The summed E-state index contributed by atoms with van der Waals surface area (Å²) in [6.07, 6.45) is 3.95. The van der Waals surface area contributed by atoms with Gasteiger partial charge in [-0.3, -0.25) is 0 Å². The van der Waals surface area contributed by atoms with Crippen molar-refractivity contribution in [1.29, 1.82) is 0 Å². The van der Waals surface area contributed by atoms with Crippen LogP contribution in [0.15, 0.2) is 18.2 Å². The highest BCUT2D eigenvalue weighted by Gasteiger charge is 2.44. The Morgan fingerprint density at radius 3 is 2.81 bits per heavy atom. The molecule has 0 radical (unpaired) electrons. The number of hydrogen-bond donors (Lipinski definition) is 1. The highest BCUT2D eigenvalue weighted by Crippen LogP contribution is 2.44. The largest absolute Gasteiger partial charge is 0.373 e. The smallest absolute Gasteiger partial charge is 0.163 e. The van der Waals surface area contributed by atoms with Crippen LogP contribution in [0.25, 0.3) is 0 Å². The van der Waals surface area contributed by atoms with Crippen LogP contribution in [0, 0.1) is 17.6 Å². The molecule has 1 N–H and O–H groups in total. The molecule has 118 valence electrons. The van der Waals surface area contributed by atoms with E-state index in [4.69, 9.17) is 4.74 Å². The van der Waals surface area contributed by atoms with Gasteiger partial charge in [-0.25, -0.2) is 8.78 Å². The fourth-order valence-corrected chi connectivity index (χ4v) is 3.75. The maximum atomic E-state index is 14.2. The van der Waals surface area contributed by atoms with Gasteiger partial charge < -0.3 is 10.1 Å². The van der Waals surface area contributed by atoms with Gasteiger partial charge in [-0.15, -0.1) is 0 Å². The van der Waals surface area contributed by atoms with Crippen molar-refractivity contribution in [1.82, 2.24) is 5.32 Å². The third-order valence-electron chi connectivity index (χ3n) is 4.53. The molecule has 1 saturated carbocycles. The van der Waals surface area contributed by atoms with Crippen LogP contribution in [0.1, 0.15) is 51.1 Å². The summed E-state index contributed by atoms with van der Waals surface area (Å²) in [7, 11) is 1.79. The molecule has 0 bridgehead atoms. The number of ether oxygens (including phenoxy) is 1. The van der Waals surface area contributed by atoms with Crippen LogP contribution in [-0.2, 0) is 4.74 Å². The lowest BCUT2D eigenvalue weighted by molar-refractivity contribution is -0.101. The molecule has 0 heterocycles. The van der Waals surface area contributed by atoms with Crippen LogP contribution >= 0.6 is 0 Å². The molecule has 0 amide bonds. The Kier molecular flexibility index (Phi) is 5.33. The Balaban J connectivity index is 2.42. The van der Waals surface area contributed by atoms with Crippen molar-refractivity contribution in [2.75, 3.05) is 13.7 Å². The average Bonchev–Trinajstić information content (AvgIpc) is 2.44. The maximum Gasteiger partial charge on any atom is 0.163 e. The Labute approximate surface area is 125 Å². The second-order valence-electron chi connectivity index (χ2n) is 6.06. The van der Waals surface area contributed by atoms with E-state index in [1.54, 1.807) is 19.2 Å². The predicted molar refractivity (Wildman–Crippen MR) is 80.1 cm³/mol. The standard InChI is InChI=1S/C17H25F2NO/c1-4-21-17(10-6-7-12(2)11-17)16(20-3)13-8-5-9-14(18)15(13)19/h5,8-9,12,16,20H,4,6-7,10-11H2,1-3H3. The lowest BCUT2D eigenvalue weighted by Crippen LogP contribution is -2.48. The van der Waals surface area contributed by atoms with Gasteiger partial charge in [0.2, 0.25) is 0 Å². The third-order valence-corrected chi connectivity index (χ3v) is 4.53. The summed E-state index contributed by atoms with van der Waals surface area (Å²) in [4.78, 5) is 0. The van der Waals surface area contributed by atoms with E-state index in [0.717, 1.165) is 31.7 Å². The fraction of sp³-hybridized carbons (Fsp3) is 0.647. The van der Waals surface area contributed by atoms with E-state index >= 15 is 0 Å². The minimum Gasteiger partial charge on any atom is -0.373 e. The molecule has 1 fully saturated rings. The Bertz CT molecular complexity index is 476. The molecule has 4 heteroatoms. The Morgan fingerprint density at radius 1 is 1.43 bits per heavy atom. The molecule has 1 aliphatic carbocycles. The van der Waals surface area contributed by atoms with Crippen molar-refractivity contribution >= 4 is 0 Å². The monoisotopic (exact) mass is 297 g/mol. The molecule has 21 heavy (non-hydrogen) atoms. The molecule has 2 rings (SSSR count). The van der Waals surface area contributed by atoms with Crippen LogP contribution in [0.5, 0.6) is 0 Å². The fourth-order valence-electron chi connectivity index (χ4n) is 3.75. The minimum absolute atomic E-state index is 0.337. The summed E-state index contributed by atoms with van der Waals surface area (Å²) < 4.78 is 33.9. The first-order valence-corrected chi connectivity index (χ1v) is 7.79. The summed E-state index contributed by atoms with van der Waals surface area (Å²) in [5.74, 6) is -1.05. The molecule has 0 aromatic heterocycles. The summed E-state index contributed by atoms with van der Waals surface area (Å²) in [6, 6.07) is 4.03. The number of rotatable bonds is 5. The number of nitrogens with one attached hydrogen (secondary N) is 1. The third kappa shape index (κ3) is 3.27. The molecule has 0 spiro atoms. The lowest BCUT2D eigenvalue weighted by atomic mass is 9.72. The van der Waals surface area contributed by atoms with Crippen molar-refractivity contribution < 1.29 is 13.5 Å². The first-order chi connectivity index (χ1) is 10.0. The number of halogens is 2. The molecule has 3 atom stereocenters. The molecule has 1 aromatic carbocycles. The zero-order chi connectivity index (χ0) is 15.5. The van der Waals surface area contributed by atoms with Gasteiger partial charge in [0.15, 0.2) is 11.6 Å². The van der Waals surface area contributed by atoms with Gasteiger partial charge in [-0.05, 0) is 38.8 Å². The molecule has 0 aliphatic heterocycles. The van der Waals surface area contributed by atoms with E-state index < -0.39 is 17.2 Å². The first kappa shape index (κ1) is 16.4. The molecular formula is C17H25F2NO.